The molecule has 0 bridgehead atoms. The van der Waals surface area contributed by atoms with Crippen molar-refractivity contribution in [3.63, 3.8) is 0 Å². The molecule has 0 aromatic carbocycles. The van der Waals surface area contributed by atoms with Crippen LogP contribution in [0, 0.1) is 0 Å². The first-order chi connectivity index (χ1) is 9.06. The SMILES string of the molecule is CCn1cc(S(=O)(=O)NC2CCCSC2)cc1CO. The summed E-state index contributed by atoms with van der Waals surface area (Å²) in [5, 5.41) is 9.21. The van der Waals surface area contributed by atoms with Gasteiger partial charge in [0.1, 0.15) is 0 Å². The lowest BCUT2D eigenvalue weighted by molar-refractivity contribution is 0.271. The minimum atomic E-state index is -3.48. The van der Waals surface area contributed by atoms with E-state index in [1.807, 2.05) is 6.92 Å². The molecule has 0 amide bonds. The number of hydrogen-bond donors (Lipinski definition) is 2. The first kappa shape index (κ1) is 14.9. The molecule has 0 aliphatic carbocycles. The molecule has 1 fully saturated rings. The quantitative estimate of drug-likeness (QED) is 0.857. The van der Waals surface area contributed by atoms with Gasteiger partial charge in [-0.3, -0.25) is 0 Å². The lowest BCUT2D eigenvalue weighted by atomic mass is 10.2. The van der Waals surface area contributed by atoms with E-state index in [2.05, 4.69) is 4.72 Å². The van der Waals surface area contributed by atoms with Crippen molar-refractivity contribution in [2.24, 2.45) is 0 Å². The molecule has 19 heavy (non-hydrogen) atoms. The first-order valence-corrected chi connectivity index (χ1v) is 9.10. The van der Waals surface area contributed by atoms with Gasteiger partial charge in [-0.15, -0.1) is 0 Å². The molecule has 1 aliphatic rings. The molecule has 108 valence electrons. The van der Waals surface area contributed by atoms with Gasteiger partial charge in [-0.25, -0.2) is 13.1 Å². The number of rotatable bonds is 5. The van der Waals surface area contributed by atoms with Gasteiger partial charge in [0.25, 0.3) is 0 Å². The van der Waals surface area contributed by atoms with Crippen molar-refractivity contribution in [2.75, 3.05) is 11.5 Å². The van der Waals surface area contributed by atoms with Crippen LogP contribution in [0.2, 0.25) is 0 Å². The lowest BCUT2D eigenvalue weighted by Gasteiger charge is -2.21. The fourth-order valence-corrected chi connectivity index (χ4v) is 4.73. The highest BCUT2D eigenvalue weighted by Gasteiger charge is 2.23. The Labute approximate surface area is 118 Å². The zero-order chi connectivity index (χ0) is 13.9. The summed E-state index contributed by atoms with van der Waals surface area (Å²) in [5.41, 5.74) is 0.626. The molecular weight excluding hydrogens is 284 g/mol. The van der Waals surface area contributed by atoms with Crippen LogP contribution in [0.3, 0.4) is 0 Å². The molecular formula is C12H20N2O3S2. The van der Waals surface area contributed by atoms with Crippen molar-refractivity contribution in [3.8, 4) is 0 Å². The van der Waals surface area contributed by atoms with Gasteiger partial charge in [-0.2, -0.15) is 11.8 Å². The summed E-state index contributed by atoms with van der Waals surface area (Å²) in [6.45, 7) is 2.41. The number of sulfonamides is 1. The molecule has 1 aromatic heterocycles. The molecule has 1 saturated heterocycles. The lowest BCUT2D eigenvalue weighted by Crippen LogP contribution is -2.38. The van der Waals surface area contributed by atoms with Crippen molar-refractivity contribution < 1.29 is 13.5 Å². The molecule has 2 N–H and O–H groups in total. The average Bonchev–Trinajstić information content (AvgIpc) is 2.83. The van der Waals surface area contributed by atoms with Gasteiger partial charge in [0.05, 0.1) is 11.5 Å². The van der Waals surface area contributed by atoms with E-state index in [0.29, 0.717) is 12.2 Å². The van der Waals surface area contributed by atoms with Crippen LogP contribution in [0.15, 0.2) is 17.2 Å². The monoisotopic (exact) mass is 304 g/mol. The predicted molar refractivity (Wildman–Crippen MR) is 76.7 cm³/mol. The van der Waals surface area contributed by atoms with Crippen LogP contribution in [0.5, 0.6) is 0 Å². The molecule has 0 radical (unpaired) electrons. The maximum absolute atomic E-state index is 12.3. The number of aromatic nitrogens is 1. The molecule has 0 spiro atoms. The highest BCUT2D eigenvalue weighted by Crippen LogP contribution is 2.20. The van der Waals surface area contributed by atoms with Crippen LogP contribution >= 0.6 is 11.8 Å². The minimum Gasteiger partial charge on any atom is -0.390 e. The van der Waals surface area contributed by atoms with Crippen molar-refractivity contribution in [2.45, 2.75) is 43.9 Å². The van der Waals surface area contributed by atoms with E-state index in [1.54, 1.807) is 28.6 Å². The third-order valence-electron chi connectivity index (χ3n) is 3.26. The smallest absolute Gasteiger partial charge is 0.242 e. The summed E-state index contributed by atoms with van der Waals surface area (Å²) < 4.78 is 29.1. The summed E-state index contributed by atoms with van der Waals surface area (Å²) in [7, 11) is -3.48. The zero-order valence-corrected chi connectivity index (χ0v) is 12.6. The van der Waals surface area contributed by atoms with E-state index < -0.39 is 10.0 Å². The maximum atomic E-state index is 12.3. The Balaban J connectivity index is 2.16. The van der Waals surface area contributed by atoms with Gasteiger partial charge in [0, 0.05) is 30.2 Å². The van der Waals surface area contributed by atoms with Crippen molar-refractivity contribution in [1.82, 2.24) is 9.29 Å². The van der Waals surface area contributed by atoms with Crippen LogP contribution < -0.4 is 4.72 Å². The molecule has 7 heteroatoms. The third kappa shape index (κ3) is 3.53. The van der Waals surface area contributed by atoms with Crippen molar-refractivity contribution >= 4 is 21.8 Å². The standard InChI is InChI=1S/C12H20N2O3S2/c1-2-14-7-12(6-11(14)8-15)19(16,17)13-10-4-3-5-18-9-10/h6-7,10,13,15H,2-5,8-9H2,1H3. The average molecular weight is 304 g/mol. The number of thioether (sulfide) groups is 1. The molecule has 2 heterocycles. The number of hydrogen-bond acceptors (Lipinski definition) is 4. The normalized spacial score (nSPS) is 20.6. The van der Waals surface area contributed by atoms with E-state index in [-0.39, 0.29) is 17.5 Å². The summed E-state index contributed by atoms with van der Waals surface area (Å²) in [6.07, 6.45) is 3.53. The summed E-state index contributed by atoms with van der Waals surface area (Å²) in [4.78, 5) is 0.244. The summed E-state index contributed by atoms with van der Waals surface area (Å²) in [6, 6.07) is 1.56. The Morgan fingerprint density at radius 1 is 1.58 bits per heavy atom. The van der Waals surface area contributed by atoms with Crippen LogP contribution in [-0.2, 0) is 23.2 Å². The van der Waals surface area contributed by atoms with E-state index in [1.165, 1.54) is 0 Å². The van der Waals surface area contributed by atoms with E-state index in [9.17, 15) is 13.5 Å². The number of aliphatic hydroxyl groups excluding tert-OH is 1. The second-order valence-corrected chi connectivity index (χ2v) is 7.51. The Morgan fingerprint density at radius 3 is 2.89 bits per heavy atom. The molecule has 1 atom stereocenters. The second kappa shape index (κ2) is 6.30. The fourth-order valence-electron chi connectivity index (χ4n) is 2.22. The fraction of sp³-hybridized carbons (Fsp3) is 0.667. The van der Waals surface area contributed by atoms with Gasteiger partial charge in [0.15, 0.2) is 0 Å². The molecule has 1 unspecified atom stereocenters. The topological polar surface area (TPSA) is 71.3 Å². The maximum Gasteiger partial charge on any atom is 0.242 e. The minimum absolute atomic E-state index is 0.0197. The molecule has 1 aromatic rings. The van der Waals surface area contributed by atoms with Gasteiger partial charge < -0.3 is 9.67 Å². The van der Waals surface area contributed by atoms with Gasteiger partial charge >= 0.3 is 0 Å². The summed E-state index contributed by atoms with van der Waals surface area (Å²) >= 11 is 1.78. The number of aliphatic hydroxyl groups is 1. The van der Waals surface area contributed by atoms with E-state index in [4.69, 9.17) is 0 Å². The third-order valence-corrected chi connectivity index (χ3v) is 5.96. The van der Waals surface area contributed by atoms with Crippen molar-refractivity contribution in [1.29, 1.82) is 0 Å². The van der Waals surface area contributed by atoms with E-state index >= 15 is 0 Å². The second-order valence-electron chi connectivity index (χ2n) is 4.65. The van der Waals surface area contributed by atoms with Crippen molar-refractivity contribution in [3.05, 3.63) is 18.0 Å². The van der Waals surface area contributed by atoms with Gasteiger partial charge in [-0.1, -0.05) is 0 Å². The molecule has 0 saturated carbocycles. The summed E-state index contributed by atoms with van der Waals surface area (Å²) in [5.74, 6) is 1.94. The van der Waals surface area contributed by atoms with Crippen LogP contribution in [0.1, 0.15) is 25.5 Å². The number of nitrogens with zero attached hydrogens (tertiary/aromatic N) is 1. The molecule has 5 nitrogen and oxygen atoms in total. The van der Waals surface area contributed by atoms with Crippen LogP contribution in [-0.4, -0.2) is 35.6 Å². The first-order valence-electron chi connectivity index (χ1n) is 6.47. The Hall–Kier alpha value is -0.500. The van der Waals surface area contributed by atoms with Crippen LogP contribution in [0.4, 0.5) is 0 Å². The highest BCUT2D eigenvalue weighted by molar-refractivity contribution is 7.99. The van der Waals surface area contributed by atoms with Gasteiger partial charge in [0.2, 0.25) is 10.0 Å². The molecule has 1 aliphatic heterocycles. The Bertz CT molecular complexity index is 498. The predicted octanol–water partition coefficient (Wildman–Crippen LogP) is 1.17. The molecule has 2 rings (SSSR count). The Kier molecular flexibility index (Phi) is 4.94. The largest absolute Gasteiger partial charge is 0.390 e. The number of aryl methyl sites for hydroxylation is 1. The highest BCUT2D eigenvalue weighted by atomic mass is 32.2. The van der Waals surface area contributed by atoms with Gasteiger partial charge in [-0.05, 0) is 31.6 Å². The van der Waals surface area contributed by atoms with Crippen LogP contribution in [0.25, 0.3) is 0 Å². The Morgan fingerprint density at radius 2 is 2.37 bits per heavy atom. The van der Waals surface area contributed by atoms with E-state index in [0.717, 1.165) is 24.3 Å². The zero-order valence-electron chi connectivity index (χ0n) is 11.0. The number of nitrogens with one attached hydrogen (secondary N) is 1.